The Morgan fingerprint density at radius 2 is 1.93 bits per heavy atom. The number of ether oxygens (including phenoxy) is 1. The van der Waals surface area contributed by atoms with Crippen LogP contribution in [0.4, 0.5) is 0 Å². The maximum Gasteiger partial charge on any atom is 0.159 e. The van der Waals surface area contributed by atoms with E-state index in [0.717, 1.165) is 5.56 Å². The molecule has 0 aliphatic heterocycles. The summed E-state index contributed by atoms with van der Waals surface area (Å²) in [4.78, 5) is 8.44. The normalized spacial score (nSPS) is 11.7. The van der Waals surface area contributed by atoms with Crippen LogP contribution in [-0.4, -0.2) is 16.6 Å². The average Bonchev–Trinajstić information content (AvgIpc) is 2.18. The first-order valence-corrected chi connectivity index (χ1v) is 5.15. The largest absolute Gasteiger partial charge is 0.368 e. The van der Waals surface area contributed by atoms with Gasteiger partial charge in [-0.3, -0.25) is 0 Å². The van der Waals surface area contributed by atoms with Crippen LogP contribution in [0.1, 0.15) is 32.2 Å². The molecule has 14 heavy (non-hydrogen) atoms. The molecule has 0 amide bonds. The second kappa shape index (κ2) is 4.71. The standard InChI is InChI=1S/C10H15ClN2O/c1-4-14-10(2,3)9-12-6-8(5-11)7-13-9/h6-7H,4-5H2,1-3H3. The zero-order chi connectivity index (χ0) is 10.6. The molecule has 0 spiro atoms. The topological polar surface area (TPSA) is 35.0 Å². The van der Waals surface area contributed by atoms with Crippen LogP contribution in [0.15, 0.2) is 12.4 Å². The van der Waals surface area contributed by atoms with Gasteiger partial charge in [-0.25, -0.2) is 9.97 Å². The van der Waals surface area contributed by atoms with Gasteiger partial charge in [-0.2, -0.15) is 0 Å². The molecule has 4 heteroatoms. The molecule has 0 bridgehead atoms. The van der Waals surface area contributed by atoms with Crippen molar-refractivity contribution in [2.45, 2.75) is 32.3 Å². The smallest absolute Gasteiger partial charge is 0.159 e. The van der Waals surface area contributed by atoms with Crippen LogP contribution in [0, 0.1) is 0 Å². The van der Waals surface area contributed by atoms with Gasteiger partial charge >= 0.3 is 0 Å². The number of rotatable bonds is 4. The summed E-state index contributed by atoms with van der Waals surface area (Å²) < 4.78 is 5.53. The third-order valence-electron chi connectivity index (χ3n) is 1.90. The highest BCUT2D eigenvalue weighted by Gasteiger charge is 2.23. The molecule has 0 aliphatic carbocycles. The van der Waals surface area contributed by atoms with E-state index < -0.39 is 5.60 Å². The van der Waals surface area contributed by atoms with Crippen LogP contribution >= 0.6 is 11.6 Å². The Bertz CT molecular complexity index is 285. The number of hydrogen-bond donors (Lipinski definition) is 0. The predicted molar refractivity (Wildman–Crippen MR) is 56.2 cm³/mol. The Kier molecular flexibility index (Phi) is 3.84. The molecule has 0 saturated carbocycles. The summed E-state index contributed by atoms with van der Waals surface area (Å²) in [5, 5.41) is 0. The molecule has 0 atom stereocenters. The highest BCUT2D eigenvalue weighted by atomic mass is 35.5. The Balaban J connectivity index is 2.85. The minimum absolute atomic E-state index is 0.431. The predicted octanol–water partition coefficient (Wildman–Crippen LogP) is 2.49. The van der Waals surface area contributed by atoms with Gasteiger partial charge in [0.15, 0.2) is 5.82 Å². The number of alkyl halides is 1. The average molecular weight is 215 g/mol. The molecular weight excluding hydrogens is 200 g/mol. The second-order valence-electron chi connectivity index (χ2n) is 3.49. The van der Waals surface area contributed by atoms with E-state index in [1.54, 1.807) is 12.4 Å². The number of nitrogens with zero attached hydrogens (tertiary/aromatic N) is 2. The van der Waals surface area contributed by atoms with E-state index in [1.807, 2.05) is 20.8 Å². The lowest BCUT2D eigenvalue weighted by molar-refractivity contribution is -0.0208. The van der Waals surface area contributed by atoms with Crippen molar-refractivity contribution in [1.29, 1.82) is 0 Å². The van der Waals surface area contributed by atoms with E-state index in [2.05, 4.69) is 9.97 Å². The molecule has 1 rings (SSSR count). The quantitative estimate of drug-likeness (QED) is 0.723. The molecule has 78 valence electrons. The van der Waals surface area contributed by atoms with Gasteiger partial charge in [-0.1, -0.05) is 0 Å². The molecule has 3 nitrogen and oxygen atoms in total. The van der Waals surface area contributed by atoms with Crippen LogP contribution in [-0.2, 0) is 16.2 Å². The van der Waals surface area contributed by atoms with Crippen molar-refractivity contribution in [2.75, 3.05) is 6.61 Å². The zero-order valence-corrected chi connectivity index (χ0v) is 9.51. The van der Waals surface area contributed by atoms with E-state index in [9.17, 15) is 0 Å². The fourth-order valence-corrected chi connectivity index (χ4v) is 1.30. The lowest BCUT2D eigenvalue weighted by Crippen LogP contribution is -2.24. The van der Waals surface area contributed by atoms with Crippen molar-refractivity contribution in [1.82, 2.24) is 9.97 Å². The SMILES string of the molecule is CCOC(C)(C)c1ncc(CCl)cn1. The van der Waals surface area contributed by atoms with Gasteiger partial charge < -0.3 is 4.74 Å². The summed E-state index contributed by atoms with van der Waals surface area (Å²) in [7, 11) is 0. The van der Waals surface area contributed by atoms with Crippen molar-refractivity contribution in [2.24, 2.45) is 0 Å². The summed E-state index contributed by atoms with van der Waals surface area (Å²) in [6.45, 7) is 6.50. The molecule has 0 radical (unpaired) electrons. The van der Waals surface area contributed by atoms with Crippen LogP contribution in [0.5, 0.6) is 0 Å². The van der Waals surface area contributed by atoms with Crippen LogP contribution in [0.25, 0.3) is 0 Å². The molecule has 0 aliphatic rings. The van der Waals surface area contributed by atoms with Gasteiger partial charge in [-0.05, 0) is 20.8 Å². The van der Waals surface area contributed by atoms with Gasteiger partial charge in [0.25, 0.3) is 0 Å². The molecule has 1 aromatic heterocycles. The lowest BCUT2D eigenvalue weighted by atomic mass is 10.1. The van der Waals surface area contributed by atoms with Crippen LogP contribution in [0.2, 0.25) is 0 Å². The number of aromatic nitrogens is 2. The Hall–Kier alpha value is -0.670. The number of hydrogen-bond acceptors (Lipinski definition) is 3. The van der Waals surface area contributed by atoms with E-state index in [-0.39, 0.29) is 0 Å². The van der Waals surface area contributed by atoms with Crippen LogP contribution < -0.4 is 0 Å². The van der Waals surface area contributed by atoms with Crippen LogP contribution in [0.3, 0.4) is 0 Å². The van der Waals surface area contributed by atoms with Crippen molar-refractivity contribution >= 4 is 11.6 Å². The second-order valence-corrected chi connectivity index (χ2v) is 3.76. The summed E-state index contributed by atoms with van der Waals surface area (Å²) in [5.74, 6) is 1.13. The Morgan fingerprint density at radius 3 is 2.36 bits per heavy atom. The fraction of sp³-hybridized carbons (Fsp3) is 0.600. The first-order valence-electron chi connectivity index (χ1n) is 4.61. The van der Waals surface area contributed by atoms with Gasteiger partial charge in [0.2, 0.25) is 0 Å². The van der Waals surface area contributed by atoms with Crippen molar-refractivity contribution in [3.8, 4) is 0 Å². The lowest BCUT2D eigenvalue weighted by Gasteiger charge is -2.22. The number of halogens is 1. The summed E-state index contributed by atoms with van der Waals surface area (Å²) in [5.41, 5.74) is 0.488. The third kappa shape index (κ3) is 2.66. The summed E-state index contributed by atoms with van der Waals surface area (Å²) >= 11 is 5.64. The molecule has 0 saturated heterocycles. The van der Waals surface area contributed by atoms with Crippen molar-refractivity contribution in [3.63, 3.8) is 0 Å². The maximum atomic E-state index is 5.64. The summed E-state index contributed by atoms with van der Waals surface area (Å²) in [6, 6.07) is 0. The maximum absolute atomic E-state index is 5.64. The third-order valence-corrected chi connectivity index (χ3v) is 2.21. The molecule has 0 aromatic carbocycles. The van der Waals surface area contributed by atoms with Crippen molar-refractivity contribution < 1.29 is 4.74 Å². The molecule has 1 aromatic rings. The highest BCUT2D eigenvalue weighted by Crippen LogP contribution is 2.20. The minimum Gasteiger partial charge on any atom is -0.368 e. The Morgan fingerprint density at radius 1 is 1.36 bits per heavy atom. The van der Waals surface area contributed by atoms with Crippen molar-refractivity contribution in [3.05, 3.63) is 23.8 Å². The Labute approximate surface area is 89.5 Å². The van der Waals surface area contributed by atoms with E-state index in [0.29, 0.717) is 18.3 Å². The van der Waals surface area contributed by atoms with Gasteiger partial charge in [0.05, 0.1) is 5.88 Å². The van der Waals surface area contributed by atoms with E-state index in [4.69, 9.17) is 16.3 Å². The van der Waals surface area contributed by atoms with E-state index >= 15 is 0 Å². The van der Waals surface area contributed by atoms with E-state index in [1.165, 1.54) is 0 Å². The zero-order valence-electron chi connectivity index (χ0n) is 8.75. The first-order chi connectivity index (χ1) is 6.60. The molecule has 0 fully saturated rings. The highest BCUT2D eigenvalue weighted by molar-refractivity contribution is 6.17. The van der Waals surface area contributed by atoms with Gasteiger partial charge in [0, 0.05) is 24.6 Å². The molecule has 0 N–H and O–H groups in total. The van der Waals surface area contributed by atoms with Gasteiger partial charge in [-0.15, -0.1) is 11.6 Å². The first kappa shape index (κ1) is 11.4. The summed E-state index contributed by atoms with van der Waals surface area (Å²) in [6.07, 6.45) is 3.46. The van der Waals surface area contributed by atoms with Gasteiger partial charge in [0.1, 0.15) is 5.60 Å². The fourth-order valence-electron chi connectivity index (χ4n) is 1.16. The molecule has 0 unspecified atom stereocenters. The monoisotopic (exact) mass is 214 g/mol. The molecular formula is C10H15ClN2O. The minimum atomic E-state index is -0.431. The molecule has 1 heterocycles.